The topological polar surface area (TPSA) is 37.4 Å². The molecule has 0 N–H and O–H groups in total. The van der Waals surface area contributed by atoms with Gasteiger partial charge in [-0.3, -0.25) is 9.59 Å². The molecule has 2 amide bonds. The highest BCUT2D eigenvalue weighted by molar-refractivity contribution is 6.23. The summed E-state index contributed by atoms with van der Waals surface area (Å²) in [6, 6.07) is 7.71. The van der Waals surface area contributed by atoms with E-state index in [0.29, 0.717) is 11.6 Å². The van der Waals surface area contributed by atoms with Gasteiger partial charge in [-0.05, 0) is 43.2 Å². The molecule has 0 spiro atoms. The average Bonchev–Trinajstić information content (AvgIpc) is 2.83. The molecule has 4 atom stereocenters. The fourth-order valence-corrected chi connectivity index (χ4v) is 5.18. The standard InChI is InChI=1S/C21H25NO2/c1-13(2)21-11-9-20(4,10-12-21)16-17(21)19(24)22(18(16)23)15-7-5-14(3)6-8-15/h5-9,11,13,16-17H,10,12H2,1-4H3/t16-,17+,20+,21+/m1/s1. The van der Waals surface area contributed by atoms with Crippen molar-refractivity contribution >= 4 is 17.5 Å². The maximum absolute atomic E-state index is 13.3. The number of fused-ring (bicyclic) bond motifs is 1. The van der Waals surface area contributed by atoms with E-state index in [1.165, 1.54) is 4.90 Å². The summed E-state index contributed by atoms with van der Waals surface area (Å²) in [5.41, 5.74) is 1.48. The number of imide groups is 1. The van der Waals surface area contributed by atoms with Crippen LogP contribution in [0.1, 0.15) is 39.2 Å². The molecule has 1 aromatic carbocycles. The first-order valence-electron chi connectivity index (χ1n) is 8.95. The van der Waals surface area contributed by atoms with Crippen LogP contribution in [0.15, 0.2) is 36.4 Å². The Morgan fingerprint density at radius 1 is 1.00 bits per heavy atom. The molecule has 1 aliphatic heterocycles. The summed E-state index contributed by atoms with van der Waals surface area (Å²) in [5, 5.41) is 0. The van der Waals surface area contributed by atoms with Crippen molar-refractivity contribution in [3.63, 3.8) is 0 Å². The van der Waals surface area contributed by atoms with Crippen molar-refractivity contribution in [2.45, 2.75) is 40.5 Å². The average molecular weight is 323 g/mol. The van der Waals surface area contributed by atoms with Gasteiger partial charge < -0.3 is 0 Å². The lowest BCUT2D eigenvalue weighted by Crippen LogP contribution is -2.53. The minimum Gasteiger partial charge on any atom is -0.274 e. The molecule has 0 unspecified atom stereocenters. The van der Waals surface area contributed by atoms with E-state index < -0.39 is 0 Å². The molecule has 24 heavy (non-hydrogen) atoms. The molecule has 2 bridgehead atoms. The molecule has 1 saturated carbocycles. The van der Waals surface area contributed by atoms with E-state index in [-0.39, 0.29) is 34.5 Å². The minimum absolute atomic E-state index is 0.00201. The lowest BCUT2D eigenvalue weighted by atomic mass is 9.46. The highest BCUT2D eigenvalue weighted by atomic mass is 16.2. The van der Waals surface area contributed by atoms with Crippen molar-refractivity contribution in [2.24, 2.45) is 28.6 Å². The Balaban J connectivity index is 1.84. The predicted octanol–water partition coefficient (Wildman–Crippen LogP) is 4.11. The molecule has 126 valence electrons. The highest BCUT2D eigenvalue weighted by Crippen LogP contribution is 2.64. The molecule has 4 aliphatic rings. The number of aryl methyl sites for hydroxylation is 1. The van der Waals surface area contributed by atoms with Crippen molar-refractivity contribution in [3.05, 3.63) is 42.0 Å². The van der Waals surface area contributed by atoms with Crippen molar-refractivity contribution in [2.75, 3.05) is 4.90 Å². The van der Waals surface area contributed by atoms with Crippen LogP contribution >= 0.6 is 0 Å². The fraction of sp³-hybridized carbons (Fsp3) is 0.524. The number of anilines is 1. The fourth-order valence-electron chi connectivity index (χ4n) is 5.18. The summed E-state index contributed by atoms with van der Waals surface area (Å²) in [7, 11) is 0. The van der Waals surface area contributed by atoms with Gasteiger partial charge in [0, 0.05) is 5.41 Å². The number of hydrogen-bond donors (Lipinski definition) is 0. The Morgan fingerprint density at radius 2 is 1.62 bits per heavy atom. The van der Waals surface area contributed by atoms with E-state index in [1.807, 2.05) is 31.2 Å². The summed E-state index contributed by atoms with van der Waals surface area (Å²) in [6.07, 6.45) is 6.47. The van der Waals surface area contributed by atoms with E-state index in [4.69, 9.17) is 0 Å². The summed E-state index contributed by atoms with van der Waals surface area (Å²) in [4.78, 5) is 28.1. The van der Waals surface area contributed by atoms with Crippen molar-refractivity contribution in [3.8, 4) is 0 Å². The number of carbonyl (C=O) groups is 2. The number of hydrogen-bond acceptors (Lipinski definition) is 2. The number of carbonyl (C=O) groups excluding carboxylic acids is 2. The SMILES string of the molecule is Cc1ccc(N2C(=O)[C@@H]3[C@H](C2=O)[C@@]2(C)C=C[C@@]3(C(C)C)CC2)cc1. The summed E-state index contributed by atoms with van der Waals surface area (Å²) < 4.78 is 0. The maximum atomic E-state index is 13.3. The first-order valence-corrected chi connectivity index (χ1v) is 8.95. The maximum Gasteiger partial charge on any atom is 0.238 e. The van der Waals surface area contributed by atoms with Crippen LogP contribution in [0.4, 0.5) is 5.69 Å². The first-order chi connectivity index (χ1) is 11.3. The molecule has 2 fully saturated rings. The van der Waals surface area contributed by atoms with Gasteiger partial charge in [0.15, 0.2) is 0 Å². The molecule has 3 heteroatoms. The van der Waals surface area contributed by atoms with Gasteiger partial charge in [0.2, 0.25) is 11.8 Å². The van der Waals surface area contributed by atoms with Gasteiger partial charge in [0.25, 0.3) is 0 Å². The largest absolute Gasteiger partial charge is 0.274 e. The molecule has 1 saturated heterocycles. The van der Waals surface area contributed by atoms with E-state index in [1.54, 1.807) is 0 Å². The third-order valence-corrected chi connectivity index (χ3v) is 6.83. The molecular weight excluding hydrogens is 298 g/mol. The smallest absolute Gasteiger partial charge is 0.238 e. The number of rotatable bonds is 2. The zero-order valence-electron chi connectivity index (χ0n) is 14.9. The third kappa shape index (κ3) is 1.78. The molecule has 0 aromatic heterocycles. The van der Waals surface area contributed by atoms with Crippen LogP contribution in [0.25, 0.3) is 0 Å². The van der Waals surface area contributed by atoms with Crippen LogP contribution in [0, 0.1) is 35.5 Å². The summed E-state index contributed by atoms with van der Waals surface area (Å²) in [5.74, 6) is -0.0911. The summed E-state index contributed by atoms with van der Waals surface area (Å²) in [6.45, 7) is 8.52. The van der Waals surface area contributed by atoms with Gasteiger partial charge >= 0.3 is 0 Å². The van der Waals surface area contributed by atoms with Crippen molar-refractivity contribution in [1.29, 1.82) is 0 Å². The molecule has 0 radical (unpaired) electrons. The number of benzene rings is 1. The van der Waals surface area contributed by atoms with E-state index >= 15 is 0 Å². The second kappa shape index (κ2) is 4.81. The normalized spacial score (nSPS) is 37.5. The van der Waals surface area contributed by atoms with Crippen LogP contribution < -0.4 is 4.90 Å². The van der Waals surface area contributed by atoms with Crippen LogP contribution in [-0.4, -0.2) is 11.8 Å². The molecule has 1 aromatic rings. The van der Waals surface area contributed by atoms with Gasteiger partial charge in [0.05, 0.1) is 17.5 Å². The van der Waals surface area contributed by atoms with Crippen molar-refractivity contribution in [1.82, 2.24) is 0 Å². The summed E-state index contributed by atoms with van der Waals surface area (Å²) >= 11 is 0. The Kier molecular flexibility index (Phi) is 3.13. The lowest BCUT2D eigenvalue weighted by Gasteiger charge is -2.55. The van der Waals surface area contributed by atoms with Crippen LogP contribution in [-0.2, 0) is 9.59 Å². The van der Waals surface area contributed by atoms with Crippen molar-refractivity contribution < 1.29 is 9.59 Å². The third-order valence-electron chi connectivity index (χ3n) is 6.83. The monoisotopic (exact) mass is 323 g/mol. The second-order valence-electron chi connectivity index (χ2n) is 8.41. The number of nitrogens with zero attached hydrogens (tertiary/aromatic N) is 1. The quantitative estimate of drug-likeness (QED) is 0.606. The van der Waals surface area contributed by atoms with E-state index in [9.17, 15) is 9.59 Å². The van der Waals surface area contributed by atoms with Gasteiger partial charge in [-0.2, -0.15) is 0 Å². The van der Waals surface area contributed by atoms with E-state index in [2.05, 4.69) is 32.9 Å². The lowest BCUT2D eigenvalue weighted by molar-refractivity contribution is -0.135. The van der Waals surface area contributed by atoms with Gasteiger partial charge in [0.1, 0.15) is 0 Å². The molecule has 3 nitrogen and oxygen atoms in total. The number of amides is 2. The molecule has 1 heterocycles. The Bertz CT molecular complexity index is 748. The Hall–Kier alpha value is -1.90. The van der Waals surface area contributed by atoms with E-state index in [0.717, 1.165) is 18.4 Å². The highest BCUT2D eigenvalue weighted by Gasteiger charge is 2.67. The number of allylic oxidation sites excluding steroid dienone is 2. The molecule has 3 aliphatic carbocycles. The first kappa shape index (κ1) is 15.6. The minimum atomic E-state index is -0.215. The molecular formula is C21H25NO2. The van der Waals surface area contributed by atoms with Crippen LogP contribution in [0.5, 0.6) is 0 Å². The van der Waals surface area contributed by atoms with Crippen LogP contribution in [0.3, 0.4) is 0 Å². The molecule has 5 rings (SSSR count). The van der Waals surface area contributed by atoms with Gasteiger partial charge in [-0.1, -0.05) is 50.6 Å². The van der Waals surface area contributed by atoms with Gasteiger partial charge in [-0.15, -0.1) is 0 Å². The zero-order valence-corrected chi connectivity index (χ0v) is 14.9. The Morgan fingerprint density at radius 3 is 2.17 bits per heavy atom. The predicted molar refractivity (Wildman–Crippen MR) is 94.4 cm³/mol. The zero-order chi connectivity index (χ0) is 17.3. The van der Waals surface area contributed by atoms with Crippen LogP contribution in [0.2, 0.25) is 0 Å². The van der Waals surface area contributed by atoms with Gasteiger partial charge in [-0.25, -0.2) is 4.90 Å². The Labute approximate surface area is 143 Å². The second-order valence-corrected chi connectivity index (χ2v) is 8.41.